The van der Waals surface area contributed by atoms with Crippen LogP contribution in [-0.4, -0.2) is 9.86 Å². The summed E-state index contributed by atoms with van der Waals surface area (Å²) in [5.74, 6) is 2.69. The van der Waals surface area contributed by atoms with E-state index in [0.29, 0.717) is 5.41 Å². The molecule has 4 aliphatic carbocycles. The average molecular weight is 327 g/mol. The smallest absolute Gasteiger partial charge is 0.220 e. The molecule has 4 bridgehead atoms. The Kier molecular flexibility index (Phi) is 3.72. The molecule has 2 heteroatoms. The predicted octanol–water partition coefficient (Wildman–Crippen LogP) is 5.72. The number of carbonyl (C=O) groups is 1. The second-order valence-corrected chi connectivity index (χ2v) is 9.69. The zero-order chi connectivity index (χ0) is 16.1. The molecule has 1 nitrogen and oxygen atoms in total. The third-order valence-electron chi connectivity index (χ3n) is 6.79. The van der Waals surface area contributed by atoms with Gasteiger partial charge in [-0.1, -0.05) is 48.2 Å². The van der Waals surface area contributed by atoms with Gasteiger partial charge in [0.05, 0.1) is 0 Å². The lowest BCUT2D eigenvalue weighted by atomic mass is 9.46. The van der Waals surface area contributed by atoms with Crippen molar-refractivity contribution >= 4 is 16.9 Å². The molecule has 0 aliphatic heterocycles. The molecule has 1 unspecified atom stereocenters. The lowest BCUT2D eigenvalue weighted by molar-refractivity contribution is -0.0636. The summed E-state index contributed by atoms with van der Waals surface area (Å²) < 4.78 is -0.143. The molecule has 4 aliphatic rings. The predicted molar refractivity (Wildman–Crippen MR) is 97.6 cm³/mol. The second kappa shape index (κ2) is 5.51. The minimum atomic E-state index is -0.143. The second-order valence-electron chi connectivity index (χ2n) is 8.26. The van der Waals surface area contributed by atoms with Crippen LogP contribution in [0.25, 0.3) is 0 Å². The molecule has 0 amide bonds. The summed E-state index contributed by atoms with van der Waals surface area (Å²) in [7, 11) is 0. The number of carbonyl (C=O) groups excluding carboxylic acids is 1. The van der Waals surface area contributed by atoms with Crippen LogP contribution in [0.2, 0.25) is 0 Å². The Morgan fingerprint density at radius 3 is 2.13 bits per heavy atom. The van der Waals surface area contributed by atoms with Crippen LogP contribution >= 0.6 is 11.8 Å². The quantitative estimate of drug-likeness (QED) is 0.658. The van der Waals surface area contributed by atoms with Crippen molar-refractivity contribution in [3.8, 4) is 0 Å². The van der Waals surface area contributed by atoms with E-state index < -0.39 is 0 Å². The van der Waals surface area contributed by atoms with Crippen molar-refractivity contribution in [3.05, 3.63) is 48.6 Å². The maximum absolute atomic E-state index is 12.8. The summed E-state index contributed by atoms with van der Waals surface area (Å²) in [6, 6.07) is 9.72. The number of benzene rings is 1. The van der Waals surface area contributed by atoms with Gasteiger partial charge in [-0.15, -0.1) is 6.58 Å². The average Bonchev–Trinajstić information content (AvgIpc) is 2.54. The van der Waals surface area contributed by atoms with Crippen LogP contribution in [0.15, 0.2) is 43.0 Å². The van der Waals surface area contributed by atoms with Gasteiger partial charge < -0.3 is 0 Å². The van der Waals surface area contributed by atoms with Gasteiger partial charge in [0.25, 0.3) is 0 Å². The first kappa shape index (κ1) is 15.5. The molecule has 4 saturated carbocycles. The summed E-state index contributed by atoms with van der Waals surface area (Å²) in [6.07, 6.45) is 10.3. The summed E-state index contributed by atoms with van der Waals surface area (Å²) in [4.78, 5) is 12.8. The molecule has 1 aromatic rings. The van der Waals surface area contributed by atoms with E-state index >= 15 is 0 Å². The van der Waals surface area contributed by atoms with E-state index in [-0.39, 0.29) is 9.86 Å². The first-order valence-electron chi connectivity index (χ1n) is 8.95. The monoisotopic (exact) mass is 326 g/mol. The third-order valence-corrected chi connectivity index (χ3v) is 8.24. The topological polar surface area (TPSA) is 17.1 Å². The van der Waals surface area contributed by atoms with Crippen LogP contribution in [0.1, 0.15) is 55.8 Å². The van der Waals surface area contributed by atoms with Crippen molar-refractivity contribution in [2.45, 2.75) is 50.2 Å². The van der Waals surface area contributed by atoms with Gasteiger partial charge in [-0.05, 0) is 68.6 Å². The first-order valence-corrected chi connectivity index (χ1v) is 9.77. The van der Waals surface area contributed by atoms with E-state index in [4.69, 9.17) is 0 Å². The van der Waals surface area contributed by atoms with Crippen molar-refractivity contribution in [1.29, 1.82) is 0 Å². The molecule has 0 aromatic heterocycles. The first-order chi connectivity index (χ1) is 11.0. The Balaban J connectivity index is 1.62. The van der Waals surface area contributed by atoms with Gasteiger partial charge in [0.2, 0.25) is 5.12 Å². The zero-order valence-electron chi connectivity index (χ0n) is 14.0. The Hall–Kier alpha value is -1.02. The maximum atomic E-state index is 12.8. The van der Waals surface area contributed by atoms with Gasteiger partial charge >= 0.3 is 0 Å². The van der Waals surface area contributed by atoms with E-state index in [9.17, 15) is 4.79 Å². The van der Waals surface area contributed by atoms with Crippen LogP contribution < -0.4 is 0 Å². The highest BCUT2D eigenvalue weighted by Crippen LogP contribution is 2.66. The largest absolute Gasteiger partial charge is 0.282 e. The van der Waals surface area contributed by atoms with Gasteiger partial charge in [0, 0.05) is 10.3 Å². The van der Waals surface area contributed by atoms with Gasteiger partial charge in [0.15, 0.2) is 0 Å². The molecular weight excluding hydrogens is 300 g/mol. The van der Waals surface area contributed by atoms with Crippen molar-refractivity contribution in [1.82, 2.24) is 0 Å². The van der Waals surface area contributed by atoms with Gasteiger partial charge in [-0.3, -0.25) is 4.79 Å². The third kappa shape index (κ3) is 2.50. The van der Waals surface area contributed by atoms with Gasteiger partial charge in [-0.2, -0.15) is 0 Å². The zero-order valence-corrected chi connectivity index (χ0v) is 14.8. The summed E-state index contributed by atoms with van der Waals surface area (Å²) in [5.41, 5.74) is 1.11. The molecule has 23 heavy (non-hydrogen) atoms. The van der Waals surface area contributed by atoms with Crippen LogP contribution in [-0.2, 0) is 0 Å². The molecule has 0 spiro atoms. The number of rotatable bonds is 4. The van der Waals surface area contributed by atoms with E-state index in [1.165, 1.54) is 50.3 Å². The highest BCUT2D eigenvalue weighted by Gasteiger charge is 2.58. The molecule has 5 rings (SSSR count). The van der Waals surface area contributed by atoms with Crippen LogP contribution in [0, 0.1) is 23.2 Å². The molecular formula is C21H26OS. The molecule has 122 valence electrons. The molecule has 0 N–H and O–H groups in total. The number of thioether (sulfide) groups is 1. The summed E-state index contributed by atoms with van der Waals surface area (Å²) >= 11 is 1.53. The fourth-order valence-electron chi connectivity index (χ4n) is 5.91. The van der Waals surface area contributed by atoms with E-state index in [2.05, 4.69) is 19.6 Å². The van der Waals surface area contributed by atoms with Crippen molar-refractivity contribution in [3.63, 3.8) is 0 Å². The van der Waals surface area contributed by atoms with Crippen LogP contribution in [0.3, 0.4) is 0 Å². The molecule has 4 fully saturated rings. The molecule has 0 saturated heterocycles. The summed E-state index contributed by atoms with van der Waals surface area (Å²) in [5, 5.41) is 0.198. The Morgan fingerprint density at radius 1 is 1.13 bits per heavy atom. The lowest BCUT2D eigenvalue weighted by Crippen LogP contribution is -2.55. The fourth-order valence-corrected chi connectivity index (χ4v) is 7.10. The van der Waals surface area contributed by atoms with Crippen LogP contribution in [0.5, 0.6) is 0 Å². The SMILES string of the molecule is C=CC(C)(SC(=O)c1ccccc1)C12CC3CC(CC(C3)C1)C2. The minimum Gasteiger partial charge on any atom is -0.282 e. The Bertz CT molecular complexity index is 585. The minimum absolute atomic E-state index is 0.143. The lowest BCUT2D eigenvalue weighted by Gasteiger charge is -2.62. The van der Waals surface area contributed by atoms with Crippen molar-refractivity contribution in [2.24, 2.45) is 23.2 Å². The van der Waals surface area contributed by atoms with E-state index in [1.54, 1.807) is 0 Å². The maximum Gasteiger partial charge on any atom is 0.220 e. The van der Waals surface area contributed by atoms with Crippen molar-refractivity contribution < 1.29 is 4.79 Å². The molecule has 1 aromatic carbocycles. The van der Waals surface area contributed by atoms with Gasteiger partial charge in [0.1, 0.15) is 0 Å². The van der Waals surface area contributed by atoms with E-state index in [0.717, 1.165) is 23.3 Å². The van der Waals surface area contributed by atoms with E-state index in [1.807, 2.05) is 30.3 Å². The Labute approximate surface area is 143 Å². The molecule has 0 heterocycles. The molecule has 0 radical (unpaired) electrons. The highest BCUT2D eigenvalue weighted by atomic mass is 32.2. The Morgan fingerprint density at radius 2 is 1.65 bits per heavy atom. The normalized spacial score (nSPS) is 37.3. The molecule has 1 atom stereocenters. The van der Waals surface area contributed by atoms with Crippen LogP contribution in [0.4, 0.5) is 0 Å². The standard InChI is InChI=1S/C21H26OS/c1-3-20(2,23-19(22)18-7-5-4-6-8-18)21-12-15-9-16(13-21)11-17(10-15)14-21/h3-8,15-17H,1,9-14H2,2H3. The fraction of sp³-hybridized carbons (Fsp3) is 0.571. The number of hydrogen-bond acceptors (Lipinski definition) is 2. The van der Waals surface area contributed by atoms with Crippen molar-refractivity contribution in [2.75, 3.05) is 0 Å². The number of hydrogen-bond donors (Lipinski definition) is 0. The highest BCUT2D eigenvalue weighted by molar-refractivity contribution is 8.15. The summed E-state index contributed by atoms with van der Waals surface area (Å²) in [6.45, 7) is 6.44. The van der Waals surface area contributed by atoms with Gasteiger partial charge in [-0.25, -0.2) is 0 Å².